The van der Waals surface area contributed by atoms with Gasteiger partial charge in [0.15, 0.2) is 0 Å². The molecule has 1 spiro atoms. The van der Waals surface area contributed by atoms with Crippen LogP contribution in [0.2, 0.25) is 0 Å². The van der Waals surface area contributed by atoms with E-state index in [-0.39, 0.29) is 11.3 Å². The zero-order valence-corrected chi connectivity index (χ0v) is 19.9. The van der Waals surface area contributed by atoms with Gasteiger partial charge in [0, 0.05) is 30.6 Å². The number of rotatable bonds is 5. The lowest BCUT2D eigenvalue weighted by Crippen LogP contribution is -2.45. The standard InChI is InChI=1S/C30H34N2O/c1-23-7-6-10-26(19-23)21-31-17-15-30(16-18-31)22-32(28-13-11-24(2)20-27(28)30)29(33)14-12-25-8-4-3-5-9-25/h3-11,13,19-20H,12,14-18,21-22H2,1-2H3. The SMILES string of the molecule is Cc1cccc(CN2CCC3(CC2)CN(C(=O)CCc2ccccc2)c2ccc(C)cc23)c1. The van der Waals surface area contributed by atoms with Gasteiger partial charge in [0.05, 0.1) is 0 Å². The molecule has 1 amide bonds. The number of aryl methyl sites for hydroxylation is 3. The fraction of sp³-hybridized carbons (Fsp3) is 0.367. The Labute approximate surface area is 198 Å². The number of benzene rings is 3. The van der Waals surface area contributed by atoms with Gasteiger partial charge in [0.2, 0.25) is 5.91 Å². The van der Waals surface area contributed by atoms with E-state index in [0.717, 1.165) is 51.1 Å². The van der Waals surface area contributed by atoms with Crippen molar-refractivity contribution in [3.63, 3.8) is 0 Å². The molecule has 3 nitrogen and oxygen atoms in total. The van der Waals surface area contributed by atoms with Crippen LogP contribution in [0.3, 0.4) is 0 Å². The number of carbonyl (C=O) groups excluding carboxylic acids is 1. The highest BCUT2D eigenvalue weighted by atomic mass is 16.2. The quantitative estimate of drug-likeness (QED) is 0.501. The number of amides is 1. The molecule has 2 heterocycles. The summed E-state index contributed by atoms with van der Waals surface area (Å²) in [5, 5.41) is 0. The van der Waals surface area contributed by atoms with Crippen LogP contribution in [0.25, 0.3) is 0 Å². The van der Waals surface area contributed by atoms with E-state index in [4.69, 9.17) is 0 Å². The van der Waals surface area contributed by atoms with Crippen LogP contribution in [0.5, 0.6) is 0 Å². The van der Waals surface area contributed by atoms with Gasteiger partial charge >= 0.3 is 0 Å². The maximum atomic E-state index is 13.3. The molecule has 0 aromatic heterocycles. The molecule has 1 fully saturated rings. The van der Waals surface area contributed by atoms with E-state index in [1.165, 1.54) is 27.8 Å². The normalized spacial score (nSPS) is 17.3. The van der Waals surface area contributed by atoms with Crippen molar-refractivity contribution in [2.45, 2.75) is 51.5 Å². The molecule has 0 saturated carbocycles. The average molecular weight is 439 g/mol. The molecule has 0 bridgehead atoms. The second-order valence-electron chi connectivity index (χ2n) is 10.0. The van der Waals surface area contributed by atoms with Crippen LogP contribution in [0.4, 0.5) is 5.69 Å². The van der Waals surface area contributed by atoms with Crippen molar-refractivity contribution in [2.24, 2.45) is 0 Å². The highest BCUT2D eigenvalue weighted by molar-refractivity contribution is 5.96. The summed E-state index contributed by atoms with van der Waals surface area (Å²) in [6.45, 7) is 8.33. The van der Waals surface area contributed by atoms with Gasteiger partial charge in [-0.2, -0.15) is 0 Å². The molecule has 0 radical (unpaired) electrons. The number of anilines is 1. The Hall–Kier alpha value is -2.91. The van der Waals surface area contributed by atoms with E-state index in [1.54, 1.807) is 0 Å². The van der Waals surface area contributed by atoms with E-state index in [9.17, 15) is 4.79 Å². The Morgan fingerprint density at radius 2 is 1.58 bits per heavy atom. The number of fused-ring (bicyclic) bond motifs is 2. The van der Waals surface area contributed by atoms with Crippen LogP contribution in [-0.2, 0) is 23.2 Å². The minimum Gasteiger partial charge on any atom is -0.311 e. The summed E-state index contributed by atoms with van der Waals surface area (Å²) in [4.78, 5) is 18.0. The minimum absolute atomic E-state index is 0.0901. The van der Waals surface area contributed by atoms with E-state index in [1.807, 2.05) is 18.2 Å². The molecule has 3 aromatic carbocycles. The number of hydrogen-bond acceptors (Lipinski definition) is 2. The fourth-order valence-electron chi connectivity index (χ4n) is 5.67. The second-order valence-corrected chi connectivity index (χ2v) is 10.0. The van der Waals surface area contributed by atoms with E-state index >= 15 is 0 Å². The first-order chi connectivity index (χ1) is 16.0. The van der Waals surface area contributed by atoms with Crippen molar-refractivity contribution in [3.8, 4) is 0 Å². The van der Waals surface area contributed by atoms with Gasteiger partial charge in [0.25, 0.3) is 0 Å². The maximum Gasteiger partial charge on any atom is 0.227 e. The molecular weight excluding hydrogens is 404 g/mol. The van der Waals surface area contributed by atoms with E-state index in [0.29, 0.717) is 6.42 Å². The lowest BCUT2D eigenvalue weighted by Gasteiger charge is -2.40. The molecule has 0 atom stereocenters. The minimum atomic E-state index is 0.0901. The summed E-state index contributed by atoms with van der Waals surface area (Å²) < 4.78 is 0. The van der Waals surface area contributed by atoms with Crippen molar-refractivity contribution >= 4 is 11.6 Å². The number of piperidine rings is 1. The Morgan fingerprint density at radius 1 is 0.848 bits per heavy atom. The van der Waals surface area contributed by atoms with Crippen LogP contribution in [0.15, 0.2) is 72.8 Å². The van der Waals surface area contributed by atoms with Crippen LogP contribution < -0.4 is 4.90 Å². The van der Waals surface area contributed by atoms with Crippen LogP contribution in [0.1, 0.15) is 47.1 Å². The third kappa shape index (κ3) is 4.60. The van der Waals surface area contributed by atoms with Crippen LogP contribution in [0, 0.1) is 13.8 Å². The lowest BCUT2D eigenvalue weighted by molar-refractivity contribution is -0.118. The molecule has 33 heavy (non-hydrogen) atoms. The largest absolute Gasteiger partial charge is 0.311 e. The lowest BCUT2D eigenvalue weighted by atomic mass is 9.74. The zero-order valence-electron chi connectivity index (χ0n) is 19.9. The third-order valence-corrected chi connectivity index (χ3v) is 7.55. The van der Waals surface area contributed by atoms with E-state index < -0.39 is 0 Å². The van der Waals surface area contributed by atoms with Crippen molar-refractivity contribution in [2.75, 3.05) is 24.5 Å². The molecular formula is C30H34N2O. The first kappa shape index (κ1) is 21.9. The molecule has 5 rings (SSSR count). The van der Waals surface area contributed by atoms with Crippen molar-refractivity contribution in [1.29, 1.82) is 0 Å². The molecule has 3 aromatic rings. The predicted octanol–water partition coefficient (Wildman–Crippen LogP) is 5.82. The zero-order chi connectivity index (χ0) is 22.8. The Balaban J connectivity index is 1.30. The van der Waals surface area contributed by atoms with Gasteiger partial charge in [0.1, 0.15) is 0 Å². The number of nitrogens with zero attached hydrogens (tertiary/aromatic N) is 2. The summed E-state index contributed by atoms with van der Waals surface area (Å²) in [7, 11) is 0. The molecule has 0 unspecified atom stereocenters. The molecule has 3 heteroatoms. The van der Waals surface area contributed by atoms with Crippen molar-refractivity contribution in [3.05, 3.63) is 101 Å². The fourth-order valence-corrected chi connectivity index (χ4v) is 5.67. The maximum absolute atomic E-state index is 13.3. The van der Waals surface area contributed by atoms with Crippen LogP contribution >= 0.6 is 0 Å². The molecule has 2 aliphatic heterocycles. The monoisotopic (exact) mass is 438 g/mol. The Bertz CT molecular complexity index is 1130. The van der Waals surface area contributed by atoms with Gasteiger partial charge in [-0.1, -0.05) is 77.9 Å². The first-order valence-electron chi connectivity index (χ1n) is 12.3. The highest BCUT2D eigenvalue weighted by Crippen LogP contribution is 2.47. The summed E-state index contributed by atoms with van der Waals surface area (Å²) in [5.41, 5.74) is 7.86. The molecule has 1 saturated heterocycles. The summed E-state index contributed by atoms with van der Waals surface area (Å²) in [5.74, 6) is 0.253. The second kappa shape index (κ2) is 9.15. The highest BCUT2D eigenvalue weighted by Gasteiger charge is 2.46. The topological polar surface area (TPSA) is 23.6 Å². The number of likely N-dealkylation sites (tertiary alicyclic amines) is 1. The van der Waals surface area contributed by atoms with E-state index in [2.05, 4.69) is 78.2 Å². The van der Waals surface area contributed by atoms with Gasteiger partial charge in [-0.25, -0.2) is 0 Å². The molecule has 2 aliphatic rings. The summed E-state index contributed by atoms with van der Waals surface area (Å²) in [6.07, 6.45) is 3.58. The number of hydrogen-bond donors (Lipinski definition) is 0. The Kier molecular flexibility index (Phi) is 6.07. The molecule has 0 N–H and O–H groups in total. The van der Waals surface area contributed by atoms with Gasteiger partial charge in [-0.15, -0.1) is 0 Å². The average Bonchev–Trinajstić information content (AvgIpc) is 3.13. The molecule has 0 aliphatic carbocycles. The van der Waals surface area contributed by atoms with Crippen molar-refractivity contribution in [1.82, 2.24) is 4.90 Å². The van der Waals surface area contributed by atoms with Gasteiger partial charge < -0.3 is 4.90 Å². The van der Waals surface area contributed by atoms with Gasteiger partial charge in [-0.3, -0.25) is 9.69 Å². The van der Waals surface area contributed by atoms with Crippen LogP contribution in [-0.4, -0.2) is 30.4 Å². The summed E-state index contributed by atoms with van der Waals surface area (Å²) >= 11 is 0. The van der Waals surface area contributed by atoms with Gasteiger partial charge in [-0.05, 0) is 69.0 Å². The first-order valence-corrected chi connectivity index (χ1v) is 12.3. The summed E-state index contributed by atoms with van der Waals surface area (Å²) in [6, 6.07) is 25.9. The molecule has 170 valence electrons. The smallest absolute Gasteiger partial charge is 0.227 e. The number of carbonyl (C=O) groups is 1. The van der Waals surface area contributed by atoms with Crippen molar-refractivity contribution < 1.29 is 4.79 Å². The Morgan fingerprint density at radius 3 is 2.33 bits per heavy atom. The predicted molar refractivity (Wildman–Crippen MR) is 136 cm³/mol. The third-order valence-electron chi connectivity index (χ3n) is 7.55.